The summed E-state index contributed by atoms with van der Waals surface area (Å²) >= 11 is 0. The van der Waals surface area contributed by atoms with Gasteiger partial charge in [-0.1, -0.05) is 0 Å². The number of aryl methyl sites for hydroxylation is 2. The third-order valence-corrected chi connectivity index (χ3v) is 4.50. The molecule has 4 rings (SSSR count). The number of anilines is 2. The molecular formula is C16H20N8O. The average Bonchev–Trinajstić information content (AvgIpc) is 3.25. The molecule has 1 saturated heterocycles. The topological polar surface area (TPSA) is 93.2 Å². The predicted octanol–water partition coefficient (Wildman–Crippen LogP) is 1.26. The molecule has 0 aromatic carbocycles. The first-order valence-electron chi connectivity index (χ1n) is 8.44. The lowest BCUT2D eigenvalue weighted by Gasteiger charge is -2.32. The van der Waals surface area contributed by atoms with Crippen molar-refractivity contribution in [2.45, 2.75) is 39.3 Å². The maximum Gasteiger partial charge on any atom is 0.250 e. The molecule has 3 aromatic heterocycles. The summed E-state index contributed by atoms with van der Waals surface area (Å²) in [5.74, 6) is 2.30. The highest BCUT2D eigenvalue weighted by molar-refractivity contribution is 5.98. The number of carbonyl (C=O) groups is 1. The molecule has 1 aliphatic heterocycles. The van der Waals surface area contributed by atoms with Crippen LogP contribution in [-0.2, 0) is 11.3 Å². The number of carbonyl (C=O) groups excluding carboxylic acids is 1. The average molecular weight is 340 g/mol. The lowest BCUT2D eigenvalue weighted by atomic mass is 10.0. The van der Waals surface area contributed by atoms with E-state index in [4.69, 9.17) is 0 Å². The van der Waals surface area contributed by atoms with Crippen molar-refractivity contribution in [1.82, 2.24) is 29.4 Å². The van der Waals surface area contributed by atoms with Gasteiger partial charge in [-0.2, -0.15) is 5.10 Å². The second-order valence-corrected chi connectivity index (χ2v) is 6.08. The second kappa shape index (κ2) is 6.15. The zero-order valence-corrected chi connectivity index (χ0v) is 14.3. The fourth-order valence-electron chi connectivity index (χ4n) is 3.26. The van der Waals surface area contributed by atoms with Crippen LogP contribution in [0.3, 0.4) is 0 Å². The van der Waals surface area contributed by atoms with Gasteiger partial charge in [0.15, 0.2) is 5.65 Å². The third kappa shape index (κ3) is 2.71. The van der Waals surface area contributed by atoms with Gasteiger partial charge in [-0.3, -0.25) is 14.1 Å². The number of piperidine rings is 1. The minimum absolute atomic E-state index is 0.0437. The Bertz CT molecular complexity index is 914. The number of nitrogens with zero attached hydrogens (tertiary/aromatic N) is 7. The lowest BCUT2D eigenvalue weighted by Crippen LogP contribution is -2.48. The summed E-state index contributed by atoms with van der Waals surface area (Å²) in [6.07, 6.45) is 5.05. The summed E-state index contributed by atoms with van der Waals surface area (Å²) in [7, 11) is 0. The van der Waals surface area contributed by atoms with Crippen LogP contribution in [0.1, 0.15) is 25.6 Å². The predicted molar refractivity (Wildman–Crippen MR) is 92.4 cm³/mol. The van der Waals surface area contributed by atoms with Crippen molar-refractivity contribution >= 4 is 23.2 Å². The van der Waals surface area contributed by atoms with Crippen LogP contribution in [0.25, 0.3) is 5.65 Å². The molecule has 0 spiro atoms. The van der Waals surface area contributed by atoms with Gasteiger partial charge in [0, 0.05) is 25.2 Å². The first kappa shape index (κ1) is 15.6. The summed E-state index contributed by atoms with van der Waals surface area (Å²) in [5, 5.41) is 15.5. The summed E-state index contributed by atoms with van der Waals surface area (Å²) in [6.45, 7) is 5.34. The van der Waals surface area contributed by atoms with Crippen molar-refractivity contribution in [3.8, 4) is 0 Å². The van der Waals surface area contributed by atoms with Crippen LogP contribution in [0.15, 0.2) is 24.7 Å². The van der Waals surface area contributed by atoms with Gasteiger partial charge in [-0.05, 0) is 26.7 Å². The highest BCUT2D eigenvalue weighted by atomic mass is 16.2. The zero-order chi connectivity index (χ0) is 17.4. The van der Waals surface area contributed by atoms with Gasteiger partial charge in [0.05, 0.1) is 6.20 Å². The van der Waals surface area contributed by atoms with Crippen LogP contribution in [0, 0.1) is 6.92 Å². The van der Waals surface area contributed by atoms with E-state index >= 15 is 0 Å². The van der Waals surface area contributed by atoms with Crippen LogP contribution in [0.5, 0.6) is 0 Å². The van der Waals surface area contributed by atoms with E-state index in [9.17, 15) is 4.79 Å². The van der Waals surface area contributed by atoms with E-state index in [0.29, 0.717) is 18.0 Å². The molecule has 1 aliphatic rings. The molecule has 1 N–H and O–H groups in total. The molecule has 0 radical (unpaired) electrons. The SMILES string of the molecule is CCn1nccc1N1CCCC(Nc2cc3nncn3c(C)n2)C1=O. The molecule has 0 aliphatic carbocycles. The second-order valence-electron chi connectivity index (χ2n) is 6.08. The van der Waals surface area contributed by atoms with Crippen LogP contribution in [0.2, 0.25) is 0 Å². The molecule has 0 saturated carbocycles. The summed E-state index contributed by atoms with van der Waals surface area (Å²) < 4.78 is 3.64. The van der Waals surface area contributed by atoms with Crippen LogP contribution < -0.4 is 10.2 Å². The molecule has 9 nitrogen and oxygen atoms in total. The fourth-order valence-corrected chi connectivity index (χ4v) is 3.26. The van der Waals surface area contributed by atoms with Gasteiger partial charge in [0.1, 0.15) is 29.8 Å². The number of nitrogens with one attached hydrogen (secondary N) is 1. The number of amides is 1. The summed E-state index contributed by atoms with van der Waals surface area (Å²) in [5.41, 5.74) is 0.708. The molecule has 4 heterocycles. The quantitative estimate of drug-likeness (QED) is 0.768. The van der Waals surface area contributed by atoms with E-state index in [1.807, 2.05) is 30.7 Å². The Kier molecular flexibility index (Phi) is 3.83. The summed E-state index contributed by atoms with van der Waals surface area (Å²) in [6, 6.07) is 3.38. The molecule has 0 bridgehead atoms. The van der Waals surface area contributed by atoms with Gasteiger partial charge >= 0.3 is 0 Å². The number of hydrogen-bond acceptors (Lipinski definition) is 6. The molecule has 1 atom stereocenters. The maximum atomic E-state index is 13.0. The number of hydrogen-bond donors (Lipinski definition) is 1. The fraction of sp³-hybridized carbons (Fsp3) is 0.438. The number of fused-ring (bicyclic) bond motifs is 1. The van der Waals surface area contributed by atoms with Crippen molar-refractivity contribution in [2.24, 2.45) is 0 Å². The van der Waals surface area contributed by atoms with Crippen molar-refractivity contribution < 1.29 is 4.79 Å². The van der Waals surface area contributed by atoms with E-state index in [2.05, 4.69) is 25.6 Å². The Morgan fingerprint density at radius 2 is 2.28 bits per heavy atom. The third-order valence-electron chi connectivity index (χ3n) is 4.50. The number of rotatable bonds is 4. The number of aromatic nitrogens is 6. The molecular weight excluding hydrogens is 320 g/mol. The highest BCUT2D eigenvalue weighted by Crippen LogP contribution is 2.23. The molecule has 9 heteroatoms. The maximum absolute atomic E-state index is 13.0. The van der Waals surface area contributed by atoms with Crippen molar-refractivity contribution in [1.29, 1.82) is 0 Å². The monoisotopic (exact) mass is 340 g/mol. The zero-order valence-electron chi connectivity index (χ0n) is 14.3. The largest absolute Gasteiger partial charge is 0.358 e. The molecule has 3 aromatic rings. The van der Waals surface area contributed by atoms with E-state index in [-0.39, 0.29) is 11.9 Å². The lowest BCUT2D eigenvalue weighted by molar-refractivity contribution is -0.120. The van der Waals surface area contributed by atoms with Gasteiger partial charge in [0.2, 0.25) is 0 Å². The minimum atomic E-state index is -0.314. The molecule has 1 fully saturated rings. The van der Waals surface area contributed by atoms with Crippen LogP contribution in [0.4, 0.5) is 11.6 Å². The Labute approximate surface area is 144 Å². The summed E-state index contributed by atoms with van der Waals surface area (Å²) in [4.78, 5) is 19.3. The van der Waals surface area contributed by atoms with Crippen molar-refractivity contribution in [2.75, 3.05) is 16.8 Å². The Balaban J connectivity index is 1.58. The Morgan fingerprint density at radius 1 is 1.40 bits per heavy atom. The van der Waals surface area contributed by atoms with Gasteiger partial charge in [-0.15, -0.1) is 10.2 Å². The normalized spacial score (nSPS) is 18.1. The highest BCUT2D eigenvalue weighted by Gasteiger charge is 2.31. The van der Waals surface area contributed by atoms with E-state index < -0.39 is 0 Å². The van der Waals surface area contributed by atoms with Crippen molar-refractivity contribution in [3.05, 3.63) is 30.5 Å². The molecule has 25 heavy (non-hydrogen) atoms. The van der Waals surface area contributed by atoms with Crippen LogP contribution in [-0.4, -0.2) is 47.9 Å². The van der Waals surface area contributed by atoms with Gasteiger partial charge in [0.25, 0.3) is 5.91 Å². The standard InChI is InChI=1S/C16H20N8O/c1-3-24-15(6-7-18-24)22-8-4-5-12(16(22)25)20-13-9-14-21-17-10-23(14)11(2)19-13/h6-7,9-10,12,20H,3-5,8H2,1-2H3. The first-order valence-corrected chi connectivity index (χ1v) is 8.44. The van der Waals surface area contributed by atoms with E-state index in [1.54, 1.807) is 21.8 Å². The molecule has 1 unspecified atom stereocenters. The van der Waals surface area contributed by atoms with Gasteiger partial charge in [-0.25, -0.2) is 9.67 Å². The molecule has 130 valence electrons. The van der Waals surface area contributed by atoms with E-state index in [1.165, 1.54) is 0 Å². The van der Waals surface area contributed by atoms with E-state index in [0.717, 1.165) is 31.0 Å². The first-order chi connectivity index (χ1) is 12.2. The molecule has 1 amide bonds. The van der Waals surface area contributed by atoms with Crippen molar-refractivity contribution in [3.63, 3.8) is 0 Å². The minimum Gasteiger partial charge on any atom is -0.358 e. The Hall–Kier alpha value is -2.97. The van der Waals surface area contributed by atoms with Crippen LogP contribution >= 0.6 is 0 Å². The smallest absolute Gasteiger partial charge is 0.250 e. The van der Waals surface area contributed by atoms with Gasteiger partial charge < -0.3 is 5.32 Å². The Morgan fingerprint density at radius 3 is 3.12 bits per heavy atom.